The van der Waals surface area contributed by atoms with Crippen molar-refractivity contribution in [1.29, 1.82) is 0 Å². The van der Waals surface area contributed by atoms with Gasteiger partial charge in [0, 0.05) is 23.5 Å². The number of nitrogens with zero attached hydrogens (tertiary/aromatic N) is 2. The van der Waals surface area contributed by atoms with Crippen LogP contribution in [0.1, 0.15) is 23.7 Å². The van der Waals surface area contributed by atoms with Gasteiger partial charge in [-0.1, -0.05) is 42.8 Å². The number of benzene rings is 2. The molecule has 4 nitrogen and oxygen atoms in total. The monoisotopic (exact) mass is 414 g/mol. The van der Waals surface area contributed by atoms with Gasteiger partial charge < -0.3 is 9.88 Å². The van der Waals surface area contributed by atoms with E-state index in [1.807, 2.05) is 41.1 Å². The molecule has 3 aromatic rings. The van der Waals surface area contributed by atoms with Gasteiger partial charge in [-0.2, -0.15) is 5.10 Å². The highest BCUT2D eigenvalue weighted by molar-refractivity contribution is 7.80. The van der Waals surface area contributed by atoms with E-state index in [4.69, 9.17) is 23.8 Å². The Bertz CT molecular complexity index is 1000. The third-order valence-electron chi connectivity index (χ3n) is 4.23. The van der Waals surface area contributed by atoms with Crippen LogP contribution in [0.4, 0.5) is 10.1 Å². The van der Waals surface area contributed by atoms with Crippen molar-refractivity contribution in [2.75, 3.05) is 5.32 Å². The lowest BCUT2D eigenvalue weighted by Crippen LogP contribution is -2.24. The second-order valence-electron chi connectivity index (χ2n) is 6.13. The molecule has 0 unspecified atom stereocenters. The second kappa shape index (κ2) is 9.48. The molecule has 2 aromatic carbocycles. The van der Waals surface area contributed by atoms with Crippen LogP contribution in [-0.4, -0.2) is 15.9 Å². The zero-order valence-corrected chi connectivity index (χ0v) is 16.9. The minimum atomic E-state index is -0.349. The zero-order valence-electron chi connectivity index (χ0n) is 15.3. The summed E-state index contributed by atoms with van der Waals surface area (Å²) in [6, 6.07) is 16.2. The number of aromatic nitrogens is 1. The first-order valence-electron chi connectivity index (χ1n) is 8.84. The number of nitrogens with one attached hydrogen (secondary N) is 2. The predicted molar refractivity (Wildman–Crippen MR) is 118 cm³/mol. The molecule has 0 spiro atoms. The van der Waals surface area contributed by atoms with Gasteiger partial charge in [-0.25, -0.2) is 4.39 Å². The molecule has 0 radical (unpaired) electrons. The summed E-state index contributed by atoms with van der Waals surface area (Å²) in [5.74, 6) is -0.349. The summed E-state index contributed by atoms with van der Waals surface area (Å²) >= 11 is 11.4. The SMILES string of the molecule is CCc1ccccc1NC(=S)N/N=C\c1cccn1Cc1ccc(F)cc1Cl. The molecule has 1 heterocycles. The smallest absolute Gasteiger partial charge is 0.191 e. The molecule has 3 rings (SSSR count). The van der Waals surface area contributed by atoms with Gasteiger partial charge in [0.25, 0.3) is 0 Å². The van der Waals surface area contributed by atoms with E-state index in [0.29, 0.717) is 16.7 Å². The van der Waals surface area contributed by atoms with E-state index in [2.05, 4.69) is 28.8 Å². The molecule has 0 fully saturated rings. The molecule has 7 heteroatoms. The average molecular weight is 415 g/mol. The fraction of sp³-hybridized carbons (Fsp3) is 0.143. The Labute approximate surface area is 174 Å². The number of hydrazone groups is 1. The largest absolute Gasteiger partial charge is 0.342 e. The van der Waals surface area contributed by atoms with Crippen molar-refractivity contribution in [3.8, 4) is 0 Å². The van der Waals surface area contributed by atoms with Crippen molar-refractivity contribution >= 4 is 40.8 Å². The second-order valence-corrected chi connectivity index (χ2v) is 6.95. The Morgan fingerprint density at radius 3 is 2.79 bits per heavy atom. The number of para-hydroxylation sites is 1. The van der Waals surface area contributed by atoms with Crippen LogP contribution in [0.3, 0.4) is 0 Å². The first-order chi connectivity index (χ1) is 13.6. The number of thiocarbonyl (C=S) groups is 1. The Morgan fingerprint density at radius 1 is 1.18 bits per heavy atom. The molecule has 0 saturated heterocycles. The molecule has 0 bridgehead atoms. The summed E-state index contributed by atoms with van der Waals surface area (Å²) in [6.45, 7) is 2.61. The van der Waals surface area contributed by atoms with Crippen LogP contribution in [0.5, 0.6) is 0 Å². The van der Waals surface area contributed by atoms with Crippen LogP contribution in [0.15, 0.2) is 65.9 Å². The van der Waals surface area contributed by atoms with Crippen molar-refractivity contribution in [1.82, 2.24) is 9.99 Å². The zero-order chi connectivity index (χ0) is 19.9. The van der Waals surface area contributed by atoms with Crippen molar-refractivity contribution < 1.29 is 4.39 Å². The summed E-state index contributed by atoms with van der Waals surface area (Å²) in [5, 5.41) is 8.18. The number of anilines is 1. The van der Waals surface area contributed by atoms with E-state index < -0.39 is 0 Å². The number of hydrogen-bond donors (Lipinski definition) is 2. The van der Waals surface area contributed by atoms with E-state index in [9.17, 15) is 4.39 Å². The van der Waals surface area contributed by atoms with Crippen LogP contribution < -0.4 is 10.7 Å². The van der Waals surface area contributed by atoms with Crippen molar-refractivity contribution in [3.63, 3.8) is 0 Å². The van der Waals surface area contributed by atoms with Crippen LogP contribution >= 0.6 is 23.8 Å². The predicted octanol–water partition coefficient (Wildman–Crippen LogP) is 5.21. The standard InChI is InChI=1S/C21H20ClFN4S/c1-2-15-6-3-4-8-20(15)25-21(28)26-24-13-18-7-5-11-27(18)14-16-9-10-17(23)12-19(16)22/h3-13H,2,14H2,1H3,(H2,25,26,28)/b24-13-. The molecule has 0 atom stereocenters. The molecule has 2 N–H and O–H groups in total. The van der Waals surface area contributed by atoms with E-state index >= 15 is 0 Å². The summed E-state index contributed by atoms with van der Waals surface area (Å²) in [5.41, 5.74) is 6.67. The summed E-state index contributed by atoms with van der Waals surface area (Å²) in [4.78, 5) is 0. The fourth-order valence-corrected chi connectivity index (χ4v) is 3.17. The minimum absolute atomic E-state index is 0.349. The summed E-state index contributed by atoms with van der Waals surface area (Å²) in [6.07, 6.45) is 4.50. The fourth-order valence-electron chi connectivity index (χ4n) is 2.78. The van der Waals surface area contributed by atoms with Gasteiger partial charge in [0.2, 0.25) is 0 Å². The van der Waals surface area contributed by atoms with Crippen molar-refractivity contribution in [3.05, 3.63) is 88.5 Å². The lowest BCUT2D eigenvalue weighted by atomic mass is 10.1. The third kappa shape index (κ3) is 5.18. The van der Waals surface area contributed by atoms with Gasteiger partial charge in [-0.15, -0.1) is 0 Å². The first-order valence-corrected chi connectivity index (χ1v) is 9.62. The van der Waals surface area contributed by atoms with E-state index in [1.54, 1.807) is 12.3 Å². The molecular formula is C21H20ClFN4S. The average Bonchev–Trinajstić information content (AvgIpc) is 3.11. The Hall–Kier alpha value is -2.70. The summed E-state index contributed by atoms with van der Waals surface area (Å²) < 4.78 is 15.2. The lowest BCUT2D eigenvalue weighted by molar-refractivity contribution is 0.626. The van der Waals surface area contributed by atoms with E-state index in [1.165, 1.54) is 17.7 Å². The van der Waals surface area contributed by atoms with Crippen LogP contribution in [0.25, 0.3) is 0 Å². The van der Waals surface area contributed by atoms with Crippen molar-refractivity contribution in [2.45, 2.75) is 19.9 Å². The highest BCUT2D eigenvalue weighted by atomic mass is 35.5. The Balaban J connectivity index is 1.62. The van der Waals surface area contributed by atoms with Gasteiger partial charge >= 0.3 is 0 Å². The van der Waals surface area contributed by atoms with E-state index in [0.717, 1.165) is 23.4 Å². The normalized spacial score (nSPS) is 11.0. The number of aryl methyl sites for hydroxylation is 1. The molecule has 144 valence electrons. The Kier molecular flexibility index (Phi) is 6.79. The molecule has 0 aliphatic carbocycles. The molecule has 1 aromatic heterocycles. The van der Waals surface area contributed by atoms with Gasteiger partial charge in [0.15, 0.2) is 5.11 Å². The van der Waals surface area contributed by atoms with E-state index in [-0.39, 0.29) is 5.82 Å². The summed E-state index contributed by atoms with van der Waals surface area (Å²) in [7, 11) is 0. The molecular weight excluding hydrogens is 395 g/mol. The van der Waals surface area contributed by atoms with Crippen molar-refractivity contribution in [2.24, 2.45) is 5.10 Å². The Morgan fingerprint density at radius 2 is 2.00 bits per heavy atom. The maximum atomic E-state index is 13.2. The maximum Gasteiger partial charge on any atom is 0.191 e. The molecule has 28 heavy (non-hydrogen) atoms. The topological polar surface area (TPSA) is 41.4 Å². The number of hydrogen-bond acceptors (Lipinski definition) is 2. The van der Waals surface area contributed by atoms with Crippen LogP contribution in [0, 0.1) is 5.82 Å². The highest BCUT2D eigenvalue weighted by Crippen LogP contribution is 2.19. The molecule has 0 saturated carbocycles. The lowest BCUT2D eigenvalue weighted by Gasteiger charge is -2.11. The third-order valence-corrected chi connectivity index (χ3v) is 4.78. The van der Waals surface area contributed by atoms with Gasteiger partial charge in [0.05, 0.1) is 11.9 Å². The van der Waals surface area contributed by atoms with Gasteiger partial charge in [-0.3, -0.25) is 5.43 Å². The molecule has 0 aliphatic rings. The first kappa shape index (κ1) is 20.0. The number of rotatable bonds is 6. The quantitative estimate of drug-likeness (QED) is 0.330. The number of halogens is 2. The van der Waals surface area contributed by atoms with Gasteiger partial charge in [0.1, 0.15) is 5.82 Å². The minimum Gasteiger partial charge on any atom is -0.342 e. The van der Waals surface area contributed by atoms with Crippen LogP contribution in [-0.2, 0) is 13.0 Å². The van der Waals surface area contributed by atoms with Crippen LogP contribution in [0.2, 0.25) is 5.02 Å². The highest BCUT2D eigenvalue weighted by Gasteiger charge is 2.05. The van der Waals surface area contributed by atoms with Gasteiger partial charge in [-0.05, 0) is 60.1 Å². The molecule has 0 aliphatic heterocycles. The maximum absolute atomic E-state index is 13.2. The molecule has 0 amide bonds.